The molecular weight excluding hydrogens is 308 g/mol. The Morgan fingerprint density at radius 3 is 2.46 bits per heavy atom. The van der Waals surface area contributed by atoms with Crippen molar-refractivity contribution in [3.05, 3.63) is 52.1 Å². The normalized spacial score (nSPS) is 12.5. The van der Waals surface area contributed by atoms with Crippen LogP contribution < -0.4 is 5.56 Å². The van der Waals surface area contributed by atoms with Gasteiger partial charge >= 0.3 is 5.97 Å². The summed E-state index contributed by atoms with van der Waals surface area (Å²) in [5.74, 6) is -1.07. The fourth-order valence-corrected chi connectivity index (χ4v) is 2.86. The first-order chi connectivity index (χ1) is 11.5. The van der Waals surface area contributed by atoms with E-state index < -0.39 is 17.6 Å². The second-order valence-corrected chi connectivity index (χ2v) is 5.65. The van der Waals surface area contributed by atoms with Crippen LogP contribution in [0.5, 0.6) is 0 Å². The third-order valence-electron chi connectivity index (χ3n) is 4.11. The molecule has 3 aromatic rings. The van der Waals surface area contributed by atoms with E-state index in [2.05, 4.69) is 10.2 Å². The van der Waals surface area contributed by atoms with Crippen molar-refractivity contribution in [2.45, 2.75) is 33.2 Å². The van der Waals surface area contributed by atoms with E-state index in [1.54, 1.807) is 25.5 Å². The van der Waals surface area contributed by atoms with E-state index in [0.717, 1.165) is 10.4 Å². The summed E-state index contributed by atoms with van der Waals surface area (Å²) in [5, 5.41) is 18.5. The molecule has 0 saturated heterocycles. The average Bonchev–Trinajstić information content (AvgIpc) is 2.91. The molecule has 24 heavy (non-hydrogen) atoms. The van der Waals surface area contributed by atoms with Crippen LogP contribution in [0.3, 0.4) is 0 Å². The number of benzene rings is 1. The fraction of sp³-hybridized carbons (Fsp3) is 0.294. The molecule has 1 N–H and O–H groups in total. The van der Waals surface area contributed by atoms with Crippen LogP contribution in [0.1, 0.15) is 30.8 Å². The van der Waals surface area contributed by atoms with E-state index in [1.807, 2.05) is 30.3 Å². The smallest absolute Gasteiger partial charge is 0.328 e. The van der Waals surface area contributed by atoms with E-state index in [-0.39, 0.29) is 6.42 Å². The van der Waals surface area contributed by atoms with Gasteiger partial charge in [-0.2, -0.15) is 10.2 Å². The van der Waals surface area contributed by atoms with Crippen LogP contribution >= 0.6 is 0 Å². The highest BCUT2D eigenvalue weighted by atomic mass is 16.4. The van der Waals surface area contributed by atoms with Crippen LogP contribution in [-0.4, -0.2) is 30.6 Å². The van der Waals surface area contributed by atoms with Crippen LogP contribution in [0.4, 0.5) is 0 Å². The number of nitrogens with zero attached hydrogens (tertiary/aromatic N) is 4. The van der Waals surface area contributed by atoms with Crippen molar-refractivity contribution in [3.63, 3.8) is 0 Å². The highest BCUT2D eigenvalue weighted by molar-refractivity contribution is 5.83. The van der Waals surface area contributed by atoms with Gasteiger partial charge in [0.15, 0.2) is 6.04 Å². The minimum atomic E-state index is -1.07. The molecule has 0 saturated carbocycles. The summed E-state index contributed by atoms with van der Waals surface area (Å²) >= 11 is 0. The van der Waals surface area contributed by atoms with Crippen molar-refractivity contribution in [3.8, 4) is 5.69 Å². The lowest BCUT2D eigenvalue weighted by atomic mass is 10.2. The predicted molar refractivity (Wildman–Crippen MR) is 89.6 cm³/mol. The Labute approximate surface area is 138 Å². The van der Waals surface area contributed by atoms with Gasteiger partial charge in [-0.1, -0.05) is 25.1 Å². The Hall–Kier alpha value is -2.96. The van der Waals surface area contributed by atoms with Gasteiger partial charge in [0.25, 0.3) is 5.56 Å². The molecule has 1 atom stereocenters. The Morgan fingerprint density at radius 2 is 1.88 bits per heavy atom. The Morgan fingerprint density at radius 1 is 1.21 bits per heavy atom. The topological polar surface area (TPSA) is 90.0 Å². The van der Waals surface area contributed by atoms with Gasteiger partial charge < -0.3 is 5.11 Å². The largest absolute Gasteiger partial charge is 0.480 e. The van der Waals surface area contributed by atoms with Gasteiger partial charge in [-0.25, -0.2) is 14.2 Å². The van der Waals surface area contributed by atoms with E-state index in [1.165, 1.54) is 0 Å². The number of hydrogen-bond acceptors (Lipinski definition) is 4. The summed E-state index contributed by atoms with van der Waals surface area (Å²) in [5.41, 5.74) is 2.10. The zero-order valence-electron chi connectivity index (χ0n) is 13.7. The Balaban J connectivity index is 2.33. The summed E-state index contributed by atoms with van der Waals surface area (Å²) in [6.45, 7) is 5.25. The second kappa shape index (κ2) is 5.92. The second-order valence-electron chi connectivity index (χ2n) is 5.65. The van der Waals surface area contributed by atoms with Crippen LogP contribution in [0.25, 0.3) is 16.6 Å². The number of carbonyl (C=O) groups is 1. The van der Waals surface area contributed by atoms with Crippen molar-refractivity contribution < 1.29 is 9.90 Å². The standard InChI is InChI=1S/C17H18N4O3/c1-4-13(17(23)24)21-16(22)14-11(3)20(12-8-6-5-7-9-12)19-15(14)10(2)18-21/h5-9,13H,4H2,1-3H3,(H,23,24)/t13-/m0/s1. The first-order valence-corrected chi connectivity index (χ1v) is 7.72. The zero-order valence-corrected chi connectivity index (χ0v) is 13.7. The summed E-state index contributed by atoms with van der Waals surface area (Å²) in [7, 11) is 0. The molecule has 0 radical (unpaired) electrons. The number of hydrogen-bond donors (Lipinski definition) is 1. The quantitative estimate of drug-likeness (QED) is 0.794. The molecule has 0 bridgehead atoms. The van der Waals surface area contributed by atoms with Crippen molar-refractivity contribution in [1.29, 1.82) is 0 Å². The Bertz CT molecular complexity index is 973. The molecule has 0 amide bonds. The van der Waals surface area contributed by atoms with E-state index in [0.29, 0.717) is 22.3 Å². The van der Waals surface area contributed by atoms with E-state index >= 15 is 0 Å². The predicted octanol–water partition coefficient (Wildman–Crippen LogP) is 2.23. The highest BCUT2D eigenvalue weighted by Crippen LogP contribution is 2.21. The molecule has 7 nitrogen and oxygen atoms in total. The zero-order chi connectivity index (χ0) is 17.4. The maximum absolute atomic E-state index is 12.8. The van der Waals surface area contributed by atoms with E-state index in [9.17, 15) is 14.7 Å². The molecule has 0 aliphatic heterocycles. The number of aliphatic carboxylic acids is 1. The minimum absolute atomic E-state index is 0.277. The molecule has 0 aliphatic rings. The maximum atomic E-state index is 12.8. The molecular formula is C17H18N4O3. The molecule has 0 aliphatic carbocycles. The van der Waals surface area contributed by atoms with Gasteiger partial charge in [-0.15, -0.1) is 0 Å². The van der Waals surface area contributed by atoms with Crippen molar-refractivity contribution in [2.75, 3.05) is 0 Å². The van der Waals surface area contributed by atoms with Gasteiger partial charge in [0, 0.05) is 0 Å². The lowest BCUT2D eigenvalue weighted by Gasteiger charge is -2.13. The van der Waals surface area contributed by atoms with Gasteiger partial charge in [0.1, 0.15) is 5.52 Å². The number of aromatic nitrogens is 4. The van der Waals surface area contributed by atoms with Gasteiger partial charge in [0.05, 0.1) is 22.5 Å². The first kappa shape index (κ1) is 15.9. The van der Waals surface area contributed by atoms with Crippen molar-refractivity contribution in [1.82, 2.24) is 19.6 Å². The van der Waals surface area contributed by atoms with Crippen LogP contribution in [-0.2, 0) is 4.79 Å². The monoisotopic (exact) mass is 326 g/mol. The number of carboxylic acids is 1. The molecule has 1 aromatic carbocycles. The molecule has 0 spiro atoms. The first-order valence-electron chi connectivity index (χ1n) is 7.72. The van der Waals surface area contributed by atoms with Crippen LogP contribution in [0, 0.1) is 13.8 Å². The molecule has 2 heterocycles. The lowest BCUT2D eigenvalue weighted by molar-refractivity contribution is -0.141. The summed E-state index contributed by atoms with van der Waals surface area (Å²) in [6.07, 6.45) is 0.277. The van der Waals surface area contributed by atoms with Gasteiger partial charge in [0.2, 0.25) is 0 Å². The van der Waals surface area contributed by atoms with Gasteiger partial charge in [-0.05, 0) is 32.4 Å². The van der Waals surface area contributed by atoms with Crippen molar-refractivity contribution in [2.24, 2.45) is 0 Å². The molecule has 124 valence electrons. The number of aryl methyl sites for hydroxylation is 2. The van der Waals surface area contributed by atoms with Crippen LogP contribution in [0.15, 0.2) is 35.1 Å². The molecule has 2 aromatic heterocycles. The fourth-order valence-electron chi connectivity index (χ4n) is 2.86. The average molecular weight is 326 g/mol. The summed E-state index contributed by atoms with van der Waals surface area (Å²) in [6, 6.07) is 8.49. The Kier molecular flexibility index (Phi) is 3.92. The number of carboxylic acid groups (broad SMARTS) is 1. The lowest BCUT2D eigenvalue weighted by Crippen LogP contribution is -2.32. The third-order valence-corrected chi connectivity index (χ3v) is 4.11. The summed E-state index contributed by atoms with van der Waals surface area (Å²) in [4.78, 5) is 24.3. The molecule has 3 rings (SSSR count). The number of fused-ring (bicyclic) bond motifs is 1. The highest BCUT2D eigenvalue weighted by Gasteiger charge is 2.24. The number of para-hydroxylation sites is 1. The van der Waals surface area contributed by atoms with Crippen LogP contribution in [0.2, 0.25) is 0 Å². The van der Waals surface area contributed by atoms with E-state index in [4.69, 9.17) is 0 Å². The minimum Gasteiger partial charge on any atom is -0.480 e. The molecule has 0 fully saturated rings. The van der Waals surface area contributed by atoms with Gasteiger partial charge in [-0.3, -0.25) is 4.79 Å². The van der Waals surface area contributed by atoms with Crippen molar-refractivity contribution >= 4 is 16.9 Å². The molecule has 0 unspecified atom stereocenters. The SMILES string of the molecule is CC[C@@H](C(=O)O)n1nc(C)c2nn(-c3ccccc3)c(C)c2c1=O. The maximum Gasteiger partial charge on any atom is 0.328 e. The summed E-state index contributed by atoms with van der Waals surface area (Å²) < 4.78 is 2.75. The molecule has 7 heteroatoms. The number of rotatable bonds is 4. The third kappa shape index (κ3) is 2.38.